The van der Waals surface area contributed by atoms with Gasteiger partial charge in [0.15, 0.2) is 0 Å². The molecule has 1 heteroatoms. The standard InChI is InChI=1S/C11H20O/c1-4-11-6-5-8(7-9(11)12)10(11,2)3/h8-9,12H,4-7H2,1-3H3/t8-,9-,11+/m0/s1. The Morgan fingerprint density at radius 2 is 2.08 bits per heavy atom. The van der Waals surface area contributed by atoms with Crippen molar-refractivity contribution in [2.75, 3.05) is 0 Å². The summed E-state index contributed by atoms with van der Waals surface area (Å²) >= 11 is 0. The van der Waals surface area contributed by atoms with Gasteiger partial charge < -0.3 is 5.11 Å². The smallest absolute Gasteiger partial charge is 0.0604 e. The average Bonchev–Trinajstić information content (AvgIpc) is 2.36. The van der Waals surface area contributed by atoms with Crippen LogP contribution in [0.5, 0.6) is 0 Å². The molecule has 0 radical (unpaired) electrons. The number of fused-ring (bicyclic) bond motifs is 2. The molecule has 0 unspecified atom stereocenters. The SMILES string of the molecule is CC[C@@]12CC[C@@H](C[C@@H]1O)C2(C)C. The maximum Gasteiger partial charge on any atom is 0.0604 e. The lowest BCUT2D eigenvalue weighted by Crippen LogP contribution is -2.37. The van der Waals surface area contributed by atoms with E-state index in [1.165, 1.54) is 12.8 Å². The molecule has 70 valence electrons. The van der Waals surface area contributed by atoms with Gasteiger partial charge >= 0.3 is 0 Å². The Labute approximate surface area is 75.2 Å². The molecule has 1 N–H and O–H groups in total. The fourth-order valence-corrected chi connectivity index (χ4v) is 3.89. The number of rotatable bonds is 1. The van der Waals surface area contributed by atoms with Gasteiger partial charge in [0, 0.05) is 5.41 Å². The van der Waals surface area contributed by atoms with Crippen LogP contribution in [0, 0.1) is 16.7 Å². The highest BCUT2D eigenvalue weighted by atomic mass is 16.3. The van der Waals surface area contributed by atoms with E-state index in [2.05, 4.69) is 20.8 Å². The van der Waals surface area contributed by atoms with E-state index in [-0.39, 0.29) is 11.5 Å². The van der Waals surface area contributed by atoms with Gasteiger partial charge in [-0.15, -0.1) is 0 Å². The number of aliphatic hydroxyl groups excluding tert-OH is 1. The highest BCUT2D eigenvalue weighted by Gasteiger charge is 2.62. The Morgan fingerprint density at radius 3 is 2.33 bits per heavy atom. The highest BCUT2D eigenvalue weighted by molar-refractivity contribution is 5.11. The van der Waals surface area contributed by atoms with Crippen LogP contribution in [0.3, 0.4) is 0 Å². The van der Waals surface area contributed by atoms with Crippen LogP contribution < -0.4 is 0 Å². The lowest BCUT2D eigenvalue weighted by atomic mass is 9.67. The van der Waals surface area contributed by atoms with Crippen LogP contribution in [0.4, 0.5) is 0 Å². The molecule has 2 saturated carbocycles. The molecule has 2 aliphatic carbocycles. The van der Waals surface area contributed by atoms with Crippen molar-refractivity contribution in [3.8, 4) is 0 Å². The highest BCUT2D eigenvalue weighted by Crippen LogP contribution is 2.66. The molecule has 0 aromatic carbocycles. The van der Waals surface area contributed by atoms with Gasteiger partial charge in [0.25, 0.3) is 0 Å². The molecule has 0 aromatic heterocycles. The molecule has 3 atom stereocenters. The Balaban J connectivity index is 2.39. The first kappa shape index (κ1) is 8.55. The van der Waals surface area contributed by atoms with Crippen LogP contribution in [-0.2, 0) is 0 Å². The third-order valence-corrected chi connectivity index (χ3v) is 5.02. The summed E-state index contributed by atoms with van der Waals surface area (Å²) in [6, 6.07) is 0. The topological polar surface area (TPSA) is 20.2 Å². The molecule has 0 spiro atoms. The minimum absolute atomic E-state index is 0.0174. The van der Waals surface area contributed by atoms with Gasteiger partial charge in [-0.1, -0.05) is 20.8 Å². The van der Waals surface area contributed by atoms with Crippen molar-refractivity contribution in [2.24, 2.45) is 16.7 Å². The van der Waals surface area contributed by atoms with E-state index in [1.54, 1.807) is 0 Å². The fourth-order valence-electron chi connectivity index (χ4n) is 3.89. The lowest BCUT2D eigenvalue weighted by Gasteiger charge is -2.39. The van der Waals surface area contributed by atoms with Gasteiger partial charge in [-0.3, -0.25) is 0 Å². The molecule has 2 aliphatic rings. The molecule has 0 saturated heterocycles. The lowest BCUT2D eigenvalue weighted by molar-refractivity contribution is -0.00622. The molecular weight excluding hydrogens is 148 g/mol. The minimum atomic E-state index is -0.0174. The molecule has 0 heterocycles. The normalized spacial score (nSPS) is 50.0. The van der Waals surface area contributed by atoms with Crippen LogP contribution in [-0.4, -0.2) is 11.2 Å². The minimum Gasteiger partial charge on any atom is -0.393 e. The average molecular weight is 168 g/mol. The van der Waals surface area contributed by atoms with Gasteiger partial charge in [0.2, 0.25) is 0 Å². The van der Waals surface area contributed by atoms with Crippen LogP contribution in [0.1, 0.15) is 46.5 Å². The summed E-state index contributed by atoms with van der Waals surface area (Å²) in [7, 11) is 0. The first-order chi connectivity index (χ1) is 5.54. The van der Waals surface area contributed by atoms with E-state index in [1.807, 2.05) is 0 Å². The summed E-state index contributed by atoms with van der Waals surface area (Å²) in [5.41, 5.74) is 0.652. The largest absolute Gasteiger partial charge is 0.393 e. The molecule has 2 fully saturated rings. The van der Waals surface area contributed by atoms with Crippen molar-refractivity contribution < 1.29 is 5.11 Å². The first-order valence-corrected chi connectivity index (χ1v) is 5.22. The second-order valence-electron chi connectivity index (χ2n) is 5.22. The Kier molecular flexibility index (Phi) is 1.61. The maximum absolute atomic E-state index is 10.0. The van der Waals surface area contributed by atoms with E-state index in [4.69, 9.17) is 0 Å². The van der Waals surface area contributed by atoms with Gasteiger partial charge in [-0.25, -0.2) is 0 Å². The third kappa shape index (κ3) is 0.693. The number of hydrogen-bond acceptors (Lipinski definition) is 1. The van der Waals surface area contributed by atoms with Crippen molar-refractivity contribution in [1.29, 1.82) is 0 Å². The van der Waals surface area contributed by atoms with Crippen LogP contribution in [0.2, 0.25) is 0 Å². The summed E-state index contributed by atoms with van der Waals surface area (Å²) in [5.74, 6) is 0.785. The number of hydrogen-bond donors (Lipinski definition) is 1. The Hall–Kier alpha value is -0.0400. The quantitative estimate of drug-likeness (QED) is 0.638. The molecule has 2 rings (SSSR count). The van der Waals surface area contributed by atoms with Gasteiger partial charge in [0.05, 0.1) is 6.10 Å². The van der Waals surface area contributed by atoms with Gasteiger partial charge in [-0.2, -0.15) is 0 Å². The summed E-state index contributed by atoms with van der Waals surface area (Å²) in [6.07, 6.45) is 4.79. The summed E-state index contributed by atoms with van der Waals surface area (Å²) in [5, 5.41) is 10.0. The molecule has 1 nitrogen and oxygen atoms in total. The van der Waals surface area contributed by atoms with E-state index >= 15 is 0 Å². The number of aliphatic hydroxyl groups is 1. The van der Waals surface area contributed by atoms with Crippen molar-refractivity contribution in [3.63, 3.8) is 0 Å². The molecule has 2 bridgehead atoms. The van der Waals surface area contributed by atoms with Crippen molar-refractivity contribution in [1.82, 2.24) is 0 Å². The van der Waals surface area contributed by atoms with Crippen LogP contribution >= 0.6 is 0 Å². The van der Waals surface area contributed by atoms with Gasteiger partial charge in [0.1, 0.15) is 0 Å². The zero-order valence-corrected chi connectivity index (χ0v) is 8.43. The van der Waals surface area contributed by atoms with Crippen LogP contribution in [0.25, 0.3) is 0 Å². The summed E-state index contributed by atoms with van der Waals surface area (Å²) in [4.78, 5) is 0. The molecule has 0 aromatic rings. The summed E-state index contributed by atoms with van der Waals surface area (Å²) < 4.78 is 0. The van der Waals surface area contributed by atoms with E-state index in [0.29, 0.717) is 5.41 Å². The van der Waals surface area contributed by atoms with Crippen molar-refractivity contribution >= 4 is 0 Å². The second-order valence-corrected chi connectivity index (χ2v) is 5.22. The zero-order valence-electron chi connectivity index (χ0n) is 8.43. The van der Waals surface area contributed by atoms with Crippen molar-refractivity contribution in [2.45, 2.75) is 52.6 Å². The van der Waals surface area contributed by atoms with E-state index in [0.717, 1.165) is 18.8 Å². The van der Waals surface area contributed by atoms with E-state index < -0.39 is 0 Å². The zero-order chi connectivity index (χ0) is 8.98. The molecular formula is C11H20O. The maximum atomic E-state index is 10.0. The predicted molar refractivity (Wildman–Crippen MR) is 49.9 cm³/mol. The monoisotopic (exact) mass is 168 g/mol. The Bertz CT molecular complexity index is 197. The predicted octanol–water partition coefficient (Wildman–Crippen LogP) is 2.58. The van der Waals surface area contributed by atoms with Gasteiger partial charge in [-0.05, 0) is 37.0 Å². The fraction of sp³-hybridized carbons (Fsp3) is 1.00. The first-order valence-electron chi connectivity index (χ1n) is 5.22. The van der Waals surface area contributed by atoms with Crippen LogP contribution in [0.15, 0.2) is 0 Å². The van der Waals surface area contributed by atoms with E-state index in [9.17, 15) is 5.11 Å². The molecule has 12 heavy (non-hydrogen) atoms. The third-order valence-electron chi connectivity index (χ3n) is 5.02. The Morgan fingerprint density at radius 1 is 1.42 bits per heavy atom. The summed E-state index contributed by atoms with van der Waals surface area (Å²) in [6.45, 7) is 6.94. The molecule has 0 amide bonds. The molecule has 0 aliphatic heterocycles. The van der Waals surface area contributed by atoms with Crippen molar-refractivity contribution in [3.05, 3.63) is 0 Å². The second kappa shape index (κ2) is 2.25.